The van der Waals surface area contributed by atoms with Crippen LogP contribution in [0.5, 0.6) is 0 Å². The van der Waals surface area contributed by atoms with Crippen LogP contribution in [0.3, 0.4) is 0 Å². The molecule has 31 heavy (non-hydrogen) atoms. The van der Waals surface area contributed by atoms with E-state index >= 15 is 0 Å². The molecule has 0 aliphatic carbocycles. The maximum atomic E-state index is 14.4. The van der Waals surface area contributed by atoms with Gasteiger partial charge >= 0.3 is 0 Å². The summed E-state index contributed by atoms with van der Waals surface area (Å²) in [6.45, 7) is 0. The Kier molecular flexibility index (Phi) is 4.92. The highest BCUT2D eigenvalue weighted by molar-refractivity contribution is 7.90. The predicted molar refractivity (Wildman–Crippen MR) is 111 cm³/mol. The zero-order chi connectivity index (χ0) is 22.3. The number of hydrogen-bond acceptors (Lipinski definition) is 9. The number of nitrogens with two attached hydrogens (primary N) is 1. The monoisotopic (exact) mass is 458 g/mol. The lowest BCUT2D eigenvalue weighted by Crippen LogP contribution is -2.07. The molecule has 0 unspecified atom stereocenters. The molecular formula is C18H12ClFN8O2S. The van der Waals surface area contributed by atoms with Gasteiger partial charge in [0, 0.05) is 18.5 Å². The van der Waals surface area contributed by atoms with E-state index in [1.54, 1.807) is 18.2 Å². The summed E-state index contributed by atoms with van der Waals surface area (Å²) in [4.78, 5) is 11.6. The smallest absolute Gasteiger partial charge is 0.223 e. The van der Waals surface area contributed by atoms with Gasteiger partial charge in [0.15, 0.2) is 20.7 Å². The summed E-state index contributed by atoms with van der Waals surface area (Å²) in [5.74, 6) is -0.805. The topological polar surface area (TPSA) is 152 Å². The molecule has 0 atom stereocenters. The summed E-state index contributed by atoms with van der Waals surface area (Å²) in [6, 6.07) is 7.94. The third-order valence-electron chi connectivity index (χ3n) is 4.19. The van der Waals surface area contributed by atoms with Crippen LogP contribution in [0.15, 0.2) is 41.7 Å². The van der Waals surface area contributed by atoms with E-state index in [2.05, 4.69) is 25.4 Å². The van der Waals surface area contributed by atoms with Gasteiger partial charge < -0.3 is 11.1 Å². The first-order chi connectivity index (χ1) is 14.7. The van der Waals surface area contributed by atoms with Gasteiger partial charge in [0.1, 0.15) is 28.9 Å². The number of nitrogens with one attached hydrogen (secondary N) is 1. The SMILES string of the molecule is CS(=O)(=O)c1cc(Nc2ncc(F)c3nn(-c4c(Cl)cccc4C#N)cc23)nc(N)n1. The lowest BCUT2D eigenvalue weighted by Gasteiger charge is -2.08. The number of nitriles is 1. The van der Waals surface area contributed by atoms with Crippen molar-refractivity contribution < 1.29 is 12.8 Å². The number of nitrogen functional groups attached to an aromatic ring is 1. The third-order valence-corrected chi connectivity index (χ3v) is 5.46. The summed E-state index contributed by atoms with van der Waals surface area (Å²) < 4.78 is 39.3. The fourth-order valence-corrected chi connectivity index (χ4v) is 3.69. The Morgan fingerprint density at radius 3 is 2.81 bits per heavy atom. The molecule has 156 valence electrons. The number of fused-ring (bicyclic) bond motifs is 1. The zero-order valence-electron chi connectivity index (χ0n) is 15.7. The molecule has 0 bridgehead atoms. The van der Waals surface area contributed by atoms with E-state index in [4.69, 9.17) is 17.3 Å². The largest absolute Gasteiger partial charge is 0.368 e. The van der Waals surface area contributed by atoms with E-state index in [-0.39, 0.29) is 49.8 Å². The standard InChI is InChI=1S/C18H12ClFN8O2S/c1-31(29,30)14-5-13(25-18(22)26-14)24-17-10-8-28(27-15(10)12(20)7-23-17)16-9(6-21)3-2-4-11(16)19/h2-5,7-8H,1H3,(H3,22,23,24,25,26). The van der Waals surface area contributed by atoms with E-state index in [1.807, 2.05) is 6.07 Å². The van der Waals surface area contributed by atoms with Crippen molar-refractivity contribution in [1.82, 2.24) is 24.7 Å². The predicted octanol–water partition coefficient (Wildman–Crippen LogP) is 2.60. The summed E-state index contributed by atoms with van der Waals surface area (Å²) in [7, 11) is -3.65. The van der Waals surface area contributed by atoms with Crippen molar-refractivity contribution in [3.63, 3.8) is 0 Å². The van der Waals surface area contributed by atoms with Gasteiger partial charge in [0.25, 0.3) is 0 Å². The number of rotatable bonds is 4. The molecular weight excluding hydrogens is 447 g/mol. The number of aromatic nitrogens is 5. The molecule has 0 radical (unpaired) electrons. The van der Waals surface area contributed by atoms with E-state index in [0.29, 0.717) is 0 Å². The van der Waals surface area contributed by atoms with E-state index in [1.165, 1.54) is 16.9 Å². The van der Waals surface area contributed by atoms with Gasteiger partial charge in [0.2, 0.25) is 5.95 Å². The van der Waals surface area contributed by atoms with Gasteiger partial charge in [-0.05, 0) is 12.1 Å². The van der Waals surface area contributed by atoms with Gasteiger partial charge in [-0.15, -0.1) is 0 Å². The number of halogens is 2. The molecule has 10 nitrogen and oxygen atoms in total. The first-order valence-electron chi connectivity index (χ1n) is 8.52. The highest BCUT2D eigenvalue weighted by Gasteiger charge is 2.18. The van der Waals surface area contributed by atoms with Gasteiger partial charge in [-0.25, -0.2) is 27.5 Å². The molecule has 0 aliphatic heterocycles. The number of pyridine rings is 1. The highest BCUT2D eigenvalue weighted by atomic mass is 35.5. The van der Waals surface area contributed by atoms with Gasteiger partial charge in [-0.2, -0.15) is 15.3 Å². The lowest BCUT2D eigenvalue weighted by molar-refractivity contribution is 0.598. The Hall–Kier alpha value is -3.82. The summed E-state index contributed by atoms with van der Waals surface area (Å²) in [5.41, 5.74) is 6.07. The van der Waals surface area contributed by atoms with Crippen LogP contribution in [-0.2, 0) is 9.84 Å². The molecule has 0 saturated heterocycles. The Morgan fingerprint density at radius 1 is 1.32 bits per heavy atom. The molecule has 3 heterocycles. The fourth-order valence-electron chi connectivity index (χ4n) is 2.85. The van der Waals surface area contributed by atoms with Crippen molar-refractivity contribution >= 4 is 49.9 Å². The van der Waals surface area contributed by atoms with Crippen LogP contribution < -0.4 is 11.1 Å². The van der Waals surface area contributed by atoms with Crippen molar-refractivity contribution in [3.05, 3.63) is 53.1 Å². The van der Waals surface area contributed by atoms with Crippen molar-refractivity contribution in [3.8, 4) is 11.8 Å². The molecule has 0 aliphatic rings. The minimum absolute atomic E-state index is 0.0385. The van der Waals surface area contributed by atoms with Crippen LogP contribution in [0.2, 0.25) is 5.02 Å². The Bertz CT molecular complexity index is 1500. The molecule has 0 amide bonds. The maximum absolute atomic E-state index is 14.4. The van der Waals surface area contributed by atoms with E-state index < -0.39 is 15.7 Å². The number of para-hydroxylation sites is 1. The number of anilines is 3. The summed E-state index contributed by atoms with van der Waals surface area (Å²) >= 11 is 6.23. The first-order valence-corrected chi connectivity index (χ1v) is 10.8. The molecule has 1 aromatic carbocycles. The number of nitrogens with zero attached hydrogens (tertiary/aromatic N) is 6. The molecule has 4 rings (SSSR count). The highest BCUT2D eigenvalue weighted by Crippen LogP contribution is 2.30. The lowest BCUT2D eigenvalue weighted by atomic mass is 10.2. The van der Waals surface area contributed by atoms with Crippen molar-refractivity contribution in [2.45, 2.75) is 5.03 Å². The molecule has 3 aromatic heterocycles. The quantitative estimate of drug-likeness (QED) is 0.439. The van der Waals surface area contributed by atoms with E-state index in [9.17, 15) is 18.1 Å². The Labute approximate surface area is 180 Å². The average Bonchev–Trinajstić information content (AvgIpc) is 3.15. The average molecular weight is 459 g/mol. The van der Waals surface area contributed by atoms with Crippen LogP contribution in [0.4, 0.5) is 22.0 Å². The first kappa shape index (κ1) is 20.5. The van der Waals surface area contributed by atoms with Gasteiger partial charge in [-0.3, -0.25) is 0 Å². The minimum Gasteiger partial charge on any atom is -0.368 e. The van der Waals surface area contributed by atoms with Crippen LogP contribution in [0.1, 0.15) is 5.56 Å². The van der Waals surface area contributed by atoms with Crippen LogP contribution >= 0.6 is 11.6 Å². The van der Waals surface area contributed by atoms with Crippen molar-refractivity contribution in [2.75, 3.05) is 17.3 Å². The van der Waals surface area contributed by atoms with Gasteiger partial charge in [-0.1, -0.05) is 17.7 Å². The second-order valence-electron chi connectivity index (χ2n) is 6.39. The summed E-state index contributed by atoms with van der Waals surface area (Å²) in [5, 5.41) is 16.6. The van der Waals surface area contributed by atoms with Crippen molar-refractivity contribution in [1.29, 1.82) is 5.26 Å². The molecule has 0 fully saturated rings. The van der Waals surface area contributed by atoms with Crippen LogP contribution in [-0.4, -0.2) is 39.4 Å². The Balaban J connectivity index is 1.86. The van der Waals surface area contributed by atoms with E-state index in [0.717, 1.165) is 12.5 Å². The number of benzene rings is 1. The molecule has 0 saturated carbocycles. The second-order valence-corrected chi connectivity index (χ2v) is 8.76. The molecule has 3 N–H and O–H groups in total. The Morgan fingerprint density at radius 2 is 2.10 bits per heavy atom. The second kappa shape index (κ2) is 7.46. The summed E-state index contributed by atoms with van der Waals surface area (Å²) in [6.07, 6.45) is 3.37. The fraction of sp³-hybridized carbons (Fsp3) is 0.0556. The molecule has 0 spiro atoms. The molecule has 13 heteroatoms. The third kappa shape index (κ3) is 3.83. The van der Waals surface area contributed by atoms with Crippen LogP contribution in [0, 0.1) is 17.1 Å². The van der Waals surface area contributed by atoms with Gasteiger partial charge in [0.05, 0.1) is 22.2 Å². The molecule has 4 aromatic rings. The van der Waals surface area contributed by atoms with Crippen molar-refractivity contribution in [2.24, 2.45) is 0 Å². The maximum Gasteiger partial charge on any atom is 0.223 e. The normalized spacial score (nSPS) is 11.4. The number of hydrogen-bond donors (Lipinski definition) is 2. The number of sulfone groups is 1. The van der Waals surface area contributed by atoms with Crippen LogP contribution in [0.25, 0.3) is 16.6 Å². The zero-order valence-corrected chi connectivity index (χ0v) is 17.3. The minimum atomic E-state index is -3.65.